The van der Waals surface area contributed by atoms with E-state index in [1.54, 1.807) is 12.1 Å². The largest absolute Gasteiger partial charge is 0.326 e. The number of sulfonamides is 1. The lowest BCUT2D eigenvalue weighted by molar-refractivity contribution is 0.470. The van der Waals surface area contributed by atoms with Crippen LogP contribution in [0.15, 0.2) is 59.5 Å². The van der Waals surface area contributed by atoms with Crippen LogP contribution in [0.3, 0.4) is 0 Å². The Morgan fingerprint density at radius 1 is 1.04 bits per heavy atom. The molecule has 1 aliphatic heterocycles. The van der Waals surface area contributed by atoms with Gasteiger partial charge >= 0.3 is 0 Å². The van der Waals surface area contributed by atoms with Crippen LogP contribution >= 0.6 is 0 Å². The number of hydrogen-bond acceptors (Lipinski definition) is 4. The Labute approximate surface area is 136 Å². The molecule has 0 amide bonds. The highest BCUT2D eigenvalue weighted by atomic mass is 32.2. The molecule has 1 heterocycles. The van der Waals surface area contributed by atoms with E-state index in [-0.39, 0.29) is 29.0 Å². The van der Waals surface area contributed by atoms with E-state index in [1.165, 1.54) is 16.4 Å². The zero-order valence-electron chi connectivity index (χ0n) is 12.5. The Morgan fingerprint density at radius 3 is 2.39 bits per heavy atom. The second-order valence-corrected chi connectivity index (χ2v) is 7.52. The van der Waals surface area contributed by atoms with Crippen molar-refractivity contribution in [2.45, 2.75) is 16.9 Å². The van der Waals surface area contributed by atoms with Crippen LogP contribution in [0.5, 0.6) is 0 Å². The van der Waals surface area contributed by atoms with Crippen LogP contribution in [-0.2, 0) is 10.0 Å². The maximum absolute atomic E-state index is 12.9. The van der Waals surface area contributed by atoms with E-state index in [9.17, 15) is 8.42 Å². The first-order valence-corrected chi connectivity index (χ1v) is 8.78. The van der Waals surface area contributed by atoms with Crippen LogP contribution in [0.25, 0.3) is 0 Å². The van der Waals surface area contributed by atoms with Gasteiger partial charge in [0.25, 0.3) is 0 Å². The molecule has 118 valence electrons. The monoisotopic (exact) mass is 327 g/mol. The predicted molar refractivity (Wildman–Crippen MR) is 87.1 cm³/mol. The standard InChI is InChI=1S/C17H17N3O2S/c18-10-14-8-4-5-9-17(14)23(21,22)20-11-15(16(19)12-20)13-6-2-1-3-7-13/h1-9,15-16H,11-12,19H2/t15-,16+/m1/s1. The number of nitrogens with two attached hydrogens (primary N) is 1. The van der Waals surface area contributed by atoms with E-state index in [2.05, 4.69) is 0 Å². The van der Waals surface area contributed by atoms with E-state index in [0.29, 0.717) is 6.54 Å². The fourth-order valence-corrected chi connectivity index (χ4v) is 4.61. The molecule has 3 rings (SSSR count). The van der Waals surface area contributed by atoms with Gasteiger partial charge in [0.05, 0.1) is 10.5 Å². The van der Waals surface area contributed by atoms with E-state index in [1.807, 2.05) is 36.4 Å². The van der Waals surface area contributed by atoms with Gasteiger partial charge in [0.15, 0.2) is 0 Å². The number of nitriles is 1. The third-order valence-corrected chi connectivity index (χ3v) is 6.07. The Balaban J connectivity index is 1.93. The normalized spacial score (nSPS) is 21.9. The van der Waals surface area contributed by atoms with E-state index < -0.39 is 10.0 Å². The zero-order chi connectivity index (χ0) is 16.4. The third-order valence-electron chi connectivity index (χ3n) is 4.18. The molecular weight excluding hydrogens is 310 g/mol. The zero-order valence-corrected chi connectivity index (χ0v) is 13.3. The summed E-state index contributed by atoms with van der Waals surface area (Å²) in [6.45, 7) is 0.578. The molecule has 6 heteroatoms. The highest BCUT2D eigenvalue weighted by Gasteiger charge is 2.38. The molecule has 1 saturated heterocycles. The van der Waals surface area contributed by atoms with Gasteiger partial charge in [-0.2, -0.15) is 9.57 Å². The summed E-state index contributed by atoms with van der Waals surface area (Å²) in [7, 11) is -3.72. The molecule has 1 fully saturated rings. The van der Waals surface area contributed by atoms with Crippen LogP contribution in [-0.4, -0.2) is 31.9 Å². The molecule has 1 aliphatic rings. The molecule has 0 saturated carbocycles. The van der Waals surface area contributed by atoms with Gasteiger partial charge < -0.3 is 5.73 Å². The van der Waals surface area contributed by atoms with Crippen molar-refractivity contribution in [3.63, 3.8) is 0 Å². The maximum Gasteiger partial charge on any atom is 0.244 e. The Hall–Kier alpha value is -2.20. The van der Waals surface area contributed by atoms with Crippen molar-refractivity contribution >= 4 is 10.0 Å². The third kappa shape index (κ3) is 2.86. The second kappa shape index (κ2) is 6.13. The molecule has 5 nitrogen and oxygen atoms in total. The first-order chi connectivity index (χ1) is 11.0. The van der Waals surface area contributed by atoms with Gasteiger partial charge in [-0.05, 0) is 17.7 Å². The van der Waals surface area contributed by atoms with Crippen molar-refractivity contribution in [1.82, 2.24) is 4.31 Å². The molecule has 23 heavy (non-hydrogen) atoms. The van der Waals surface area contributed by atoms with Crippen molar-refractivity contribution in [1.29, 1.82) is 5.26 Å². The molecule has 0 spiro atoms. The van der Waals surface area contributed by atoms with Crippen LogP contribution in [0, 0.1) is 11.3 Å². The summed E-state index contributed by atoms with van der Waals surface area (Å²) in [6.07, 6.45) is 0. The second-order valence-electron chi connectivity index (χ2n) is 5.61. The fourth-order valence-electron chi connectivity index (χ4n) is 2.96. The van der Waals surface area contributed by atoms with Crippen molar-refractivity contribution < 1.29 is 8.42 Å². The van der Waals surface area contributed by atoms with Gasteiger partial charge in [-0.25, -0.2) is 8.42 Å². The van der Waals surface area contributed by atoms with E-state index in [0.717, 1.165) is 5.56 Å². The lowest BCUT2D eigenvalue weighted by atomic mass is 9.95. The van der Waals surface area contributed by atoms with Crippen molar-refractivity contribution in [3.8, 4) is 6.07 Å². The maximum atomic E-state index is 12.9. The Bertz CT molecular complexity index is 844. The number of benzene rings is 2. The summed E-state index contributed by atoms with van der Waals surface area (Å²) in [6, 6.07) is 17.6. The van der Waals surface area contributed by atoms with Crippen LogP contribution < -0.4 is 5.73 Å². The molecule has 0 radical (unpaired) electrons. The predicted octanol–water partition coefficient (Wildman–Crippen LogP) is 1.67. The quantitative estimate of drug-likeness (QED) is 0.929. The van der Waals surface area contributed by atoms with Crippen molar-refractivity contribution in [3.05, 3.63) is 65.7 Å². The molecular formula is C17H17N3O2S. The highest BCUT2D eigenvalue weighted by Crippen LogP contribution is 2.31. The molecule has 0 aliphatic carbocycles. The summed E-state index contributed by atoms with van der Waals surface area (Å²) >= 11 is 0. The van der Waals surface area contributed by atoms with Gasteiger partial charge in [-0.3, -0.25) is 0 Å². The average Bonchev–Trinajstić information content (AvgIpc) is 2.98. The molecule has 2 aromatic carbocycles. The lowest BCUT2D eigenvalue weighted by Crippen LogP contribution is -2.32. The number of rotatable bonds is 3. The minimum absolute atomic E-state index is 0.0415. The van der Waals surface area contributed by atoms with Gasteiger partial charge in [0, 0.05) is 25.0 Å². The first kappa shape index (κ1) is 15.7. The van der Waals surface area contributed by atoms with Crippen molar-refractivity contribution in [2.24, 2.45) is 5.73 Å². The fraction of sp³-hybridized carbons (Fsp3) is 0.235. The average molecular weight is 327 g/mol. The Kier molecular flexibility index (Phi) is 4.18. The molecule has 0 aromatic heterocycles. The molecule has 0 bridgehead atoms. The summed E-state index contributed by atoms with van der Waals surface area (Å²) in [5, 5.41) is 9.15. The summed E-state index contributed by atoms with van der Waals surface area (Å²) < 4.78 is 27.1. The number of nitrogens with zero attached hydrogens (tertiary/aromatic N) is 2. The summed E-state index contributed by atoms with van der Waals surface area (Å²) in [4.78, 5) is 0.0448. The first-order valence-electron chi connectivity index (χ1n) is 7.34. The highest BCUT2D eigenvalue weighted by molar-refractivity contribution is 7.89. The van der Waals surface area contributed by atoms with E-state index in [4.69, 9.17) is 11.0 Å². The smallest absolute Gasteiger partial charge is 0.244 e. The van der Waals surface area contributed by atoms with E-state index >= 15 is 0 Å². The minimum Gasteiger partial charge on any atom is -0.326 e. The van der Waals surface area contributed by atoms with Crippen molar-refractivity contribution in [2.75, 3.05) is 13.1 Å². The molecule has 0 unspecified atom stereocenters. The lowest BCUT2D eigenvalue weighted by Gasteiger charge is -2.17. The minimum atomic E-state index is -3.72. The van der Waals surface area contributed by atoms with Crippen LogP contribution in [0.1, 0.15) is 17.0 Å². The SMILES string of the molecule is N#Cc1ccccc1S(=O)(=O)N1C[C@H](c2ccccc2)[C@@H](N)C1. The molecule has 2 atom stereocenters. The van der Waals surface area contributed by atoms with Gasteiger partial charge in [0.1, 0.15) is 6.07 Å². The molecule has 2 aromatic rings. The summed E-state index contributed by atoms with van der Waals surface area (Å²) in [5.41, 5.74) is 7.37. The summed E-state index contributed by atoms with van der Waals surface area (Å²) in [5.74, 6) is -0.0415. The van der Waals surface area contributed by atoms with Crippen LogP contribution in [0.4, 0.5) is 0 Å². The Morgan fingerprint density at radius 2 is 1.70 bits per heavy atom. The van der Waals surface area contributed by atoms with Crippen LogP contribution in [0.2, 0.25) is 0 Å². The number of hydrogen-bond donors (Lipinski definition) is 1. The van der Waals surface area contributed by atoms with Gasteiger partial charge in [-0.1, -0.05) is 42.5 Å². The topological polar surface area (TPSA) is 87.2 Å². The molecule has 2 N–H and O–H groups in total. The van der Waals surface area contributed by atoms with Gasteiger partial charge in [0.2, 0.25) is 10.0 Å². The van der Waals surface area contributed by atoms with Gasteiger partial charge in [-0.15, -0.1) is 0 Å².